The van der Waals surface area contributed by atoms with Crippen molar-refractivity contribution in [1.29, 1.82) is 0 Å². The Morgan fingerprint density at radius 1 is 1.00 bits per heavy atom. The number of likely N-dealkylation sites (N-methyl/N-ethyl adjacent to an activating group) is 1. The van der Waals surface area contributed by atoms with Crippen molar-refractivity contribution in [2.24, 2.45) is 5.73 Å². The first-order chi connectivity index (χ1) is 9.39. The minimum Gasteiger partial charge on any atom is -0.367 e. The largest absolute Gasteiger partial charge is 0.367 e. The molecule has 0 aliphatic carbocycles. The molecule has 2 N–H and O–H groups in total. The molecule has 0 saturated heterocycles. The van der Waals surface area contributed by atoms with Crippen LogP contribution in [-0.2, 0) is 5.54 Å². The lowest BCUT2D eigenvalue weighted by Crippen LogP contribution is -2.58. The number of benzene rings is 2. The maximum absolute atomic E-state index is 13.2. The van der Waals surface area contributed by atoms with Gasteiger partial charge < -0.3 is 10.6 Å². The number of para-hydroxylation sites is 1. The zero-order valence-electron chi connectivity index (χ0n) is 12.0. The lowest BCUT2D eigenvalue weighted by atomic mass is 9.73. The Morgan fingerprint density at radius 2 is 1.60 bits per heavy atom. The summed E-state index contributed by atoms with van der Waals surface area (Å²) in [6.07, 6.45) is 0. The molecule has 1 atom stereocenters. The van der Waals surface area contributed by atoms with Crippen molar-refractivity contribution in [3.8, 4) is 0 Å². The molecule has 3 heteroatoms. The predicted octanol–water partition coefficient (Wildman–Crippen LogP) is 3.26. The molecule has 2 aromatic rings. The lowest BCUT2D eigenvalue weighted by molar-refractivity contribution is 0.331. The SMILES string of the molecule is CN1c2ccccc2C(N)(c2ccc(F)cc2)C1(C)C. The molecule has 3 rings (SSSR count). The van der Waals surface area contributed by atoms with Crippen LogP contribution in [0.15, 0.2) is 48.5 Å². The first-order valence-corrected chi connectivity index (χ1v) is 6.77. The highest BCUT2D eigenvalue weighted by atomic mass is 19.1. The van der Waals surface area contributed by atoms with Crippen molar-refractivity contribution in [2.75, 3.05) is 11.9 Å². The van der Waals surface area contributed by atoms with Gasteiger partial charge in [-0.15, -0.1) is 0 Å². The Morgan fingerprint density at radius 3 is 2.25 bits per heavy atom. The second-order valence-electron chi connectivity index (χ2n) is 5.95. The van der Waals surface area contributed by atoms with Crippen molar-refractivity contribution in [3.05, 3.63) is 65.5 Å². The highest BCUT2D eigenvalue weighted by molar-refractivity contribution is 5.69. The Hall–Kier alpha value is -1.87. The molecule has 0 fully saturated rings. The van der Waals surface area contributed by atoms with E-state index in [4.69, 9.17) is 5.73 Å². The van der Waals surface area contributed by atoms with E-state index in [9.17, 15) is 4.39 Å². The molecule has 1 aliphatic rings. The molecule has 0 aromatic heterocycles. The van der Waals surface area contributed by atoms with Gasteiger partial charge in [0.1, 0.15) is 5.82 Å². The van der Waals surface area contributed by atoms with E-state index in [1.807, 2.05) is 12.1 Å². The quantitative estimate of drug-likeness (QED) is 0.862. The van der Waals surface area contributed by atoms with Gasteiger partial charge in [0.15, 0.2) is 0 Å². The van der Waals surface area contributed by atoms with Gasteiger partial charge in [-0.05, 0) is 37.6 Å². The third kappa shape index (κ3) is 1.47. The number of fused-ring (bicyclic) bond motifs is 1. The smallest absolute Gasteiger partial charge is 0.123 e. The number of hydrogen-bond donors (Lipinski definition) is 1. The van der Waals surface area contributed by atoms with Crippen LogP contribution in [0.4, 0.5) is 10.1 Å². The van der Waals surface area contributed by atoms with E-state index in [1.165, 1.54) is 12.1 Å². The molecule has 1 aliphatic heterocycles. The van der Waals surface area contributed by atoms with Gasteiger partial charge in [0.25, 0.3) is 0 Å². The molecule has 2 aromatic carbocycles. The molecule has 0 bridgehead atoms. The topological polar surface area (TPSA) is 29.3 Å². The van der Waals surface area contributed by atoms with Gasteiger partial charge in [0.2, 0.25) is 0 Å². The summed E-state index contributed by atoms with van der Waals surface area (Å²) in [5.74, 6) is -0.241. The zero-order valence-corrected chi connectivity index (χ0v) is 12.0. The molecule has 0 saturated carbocycles. The fraction of sp³-hybridized carbons (Fsp3) is 0.294. The van der Waals surface area contributed by atoms with Crippen LogP contribution in [0.3, 0.4) is 0 Å². The first kappa shape index (κ1) is 13.1. The fourth-order valence-corrected chi connectivity index (χ4v) is 3.22. The standard InChI is InChI=1S/C17H19FN2/c1-16(2)17(19,12-8-10-13(18)11-9-12)14-6-4-5-7-15(14)20(16)3/h4-11H,19H2,1-3H3. The van der Waals surface area contributed by atoms with E-state index < -0.39 is 5.54 Å². The second-order valence-corrected chi connectivity index (χ2v) is 5.95. The Balaban J connectivity index is 2.27. The van der Waals surface area contributed by atoms with Gasteiger partial charge in [0, 0.05) is 18.3 Å². The van der Waals surface area contributed by atoms with Gasteiger partial charge in [-0.3, -0.25) is 0 Å². The van der Waals surface area contributed by atoms with Crippen LogP contribution in [0, 0.1) is 5.82 Å². The van der Waals surface area contributed by atoms with E-state index in [0.29, 0.717) is 0 Å². The maximum atomic E-state index is 13.2. The number of nitrogens with two attached hydrogens (primary N) is 1. The average Bonchev–Trinajstić information content (AvgIpc) is 2.60. The third-order valence-electron chi connectivity index (χ3n) is 4.79. The lowest BCUT2D eigenvalue weighted by Gasteiger charge is -2.43. The Labute approximate surface area is 119 Å². The van der Waals surface area contributed by atoms with Gasteiger partial charge in [0.05, 0.1) is 11.1 Å². The van der Waals surface area contributed by atoms with Crippen molar-refractivity contribution in [3.63, 3.8) is 0 Å². The molecule has 2 nitrogen and oxygen atoms in total. The van der Waals surface area contributed by atoms with E-state index in [0.717, 1.165) is 16.8 Å². The summed E-state index contributed by atoms with van der Waals surface area (Å²) in [6, 6.07) is 14.7. The first-order valence-electron chi connectivity index (χ1n) is 6.77. The number of anilines is 1. The summed E-state index contributed by atoms with van der Waals surface area (Å²) in [5.41, 5.74) is 9.03. The molecular weight excluding hydrogens is 251 g/mol. The van der Waals surface area contributed by atoms with Crippen molar-refractivity contribution >= 4 is 5.69 Å². The third-order valence-corrected chi connectivity index (χ3v) is 4.79. The van der Waals surface area contributed by atoms with Crippen LogP contribution in [0.2, 0.25) is 0 Å². The highest BCUT2D eigenvalue weighted by Gasteiger charge is 2.53. The summed E-state index contributed by atoms with van der Waals surface area (Å²) in [4.78, 5) is 2.20. The summed E-state index contributed by atoms with van der Waals surface area (Å²) < 4.78 is 13.2. The van der Waals surface area contributed by atoms with Gasteiger partial charge in [-0.25, -0.2) is 4.39 Å². The summed E-state index contributed by atoms with van der Waals surface area (Å²) in [5, 5.41) is 0. The van der Waals surface area contributed by atoms with Crippen LogP contribution in [-0.4, -0.2) is 12.6 Å². The second kappa shape index (κ2) is 4.06. The Kier molecular flexibility index (Phi) is 2.67. The van der Waals surface area contributed by atoms with Gasteiger partial charge in [-0.1, -0.05) is 30.3 Å². The van der Waals surface area contributed by atoms with Crippen LogP contribution < -0.4 is 10.6 Å². The van der Waals surface area contributed by atoms with Crippen LogP contribution in [0.25, 0.3) is 0 Å². The minimum absolute atomic E-state index is 0.241. The molecule has 20 heavy (non-hydrogen) atoms. The molecule has 0 radical (unpaired) electrons. The van der Waals surface area contributed by atoms with E-state index >= 15 is 0 Å². The van der Waals surface area contributed by atoms with Crippen LogP contribution in [0.5, 0.6) is 0 Å². The zero-order chi connectivity index (χ0) is 14.5. The van der Waals surface area contributed by atoms with E-state index in [1.54, 1.807) is 12.1 Å². The van der Waals surface area contributed by atoms with Gasteiger partial charge in [-0.2, -0.15) is 0 Å². The number of hydrogen-bond acceptors (Lipinski definition) is 2. The highest BCUT2D eigenvalue weighted by Crippen LogP contribution is 2.51. The average molecular weight is 270 g/mol. The molecule has 1 unspecified atom stereocenters. The maximum Gasteiger partial charge on any atom is 0.123 e. The minimum atomic E-state index is -0.661. The normalized spacial score (nSPS) is 23.8. The molecular formula is C17H19FN2. The summed E-state index contributed by atoms with van der Waals surface area (Å²) in [7, 11) is 2.05. The molecule has 1 heterocycles. The number of rotatable bonds is 1. The molecule has 0 amide bonds. The van der Waals surface area contributed by atoms with Crippen molar-refractivity contribution in [2.45, 2.75) is 24.9 Å². The monoisotopic (exact) mass is 270 g/mol. The van der Waals surface area contributed by atoms with Crippen molar-refractivity contribution in [1.82, 2.24) is 0 Å². The number of nitrogens with zero attached hydrogens (tertiary/aromatic N) is 1. The van der Waals surface area contributed by atoms with E-state index in [-0.39, 0.29) is 11.4 Å². The van der Waals surface area contributed by atoms with Gasteiger partial charge >= 0.3 is 0 Å². The van der Waals surface area contributed by atoms with E-state index in [2.05, 4.69) is 37.9 Å². The molecule has 0 spiro atoms. The number of halogens is 1. The Bertz CT molecular complexity index is 648. The molecule has 104 valence electrons. The van der Waals surface area contributed by atoms with Crippen LogP contribution in [0.1, 0.15) is 25.0 Å². The summed E-state index contributed by atoms with van der Waals surface area (Å²) >= 11 is 0. The summed E-state index contributed by atoms with van der Waals surface area (Å²) in [6.45, 7) is 4.24. The van der Waals surface area contributed by atoms with Crippen LogP contribution >= 0.6 is 0 Å². The fourth-order valence-electron chi connectivity index (χ4n) is 3.22. The van der Waals surface area contributed by atoms with Crippen molar-refractivity contribution < 1.29 is 4.39 Å². The predicted molar refractivity (Wildman–Crippen MR) is 80.3 cm³/mol.